The fraction of sp³-hybridized carbons (Fsp3) is 0.263. The van der Waals surface area contributed by atoms with Gasteiger partial charge >= 0.3 is 5.97 Å². The smallest absolute Gasteiger partial charge is 0.313 e. The van der Waals surface area contributed by atoms with E-state index >= 15 is 0 Å². The van der Waals surface area contributed by atoms with Crippen molar-refractivity contribution >= 4 is 39.4 Å². The fourth-order valence-electron chi connectivity index (χ4n) is 3.13. The lowest BCUT2D eigenvalue weighted by Crippen LogP contribution is -2.40. The zero-order chi connectivity index (χ0) is 18.0. The first-order valence-corrected chi connectivity index (χ1v) is 9.13. The molecule has 0 saturated heterocycles. The third kappa shape index (κ3) is 4.05. The van der Waals surface area contributed by atoms with Crippen molar-refractivity contribution in [2.45, 2.75) is 25.8 Å². The topological polar surface area (TPSA) is 46.6 Å². The zero-order valence-corrected chi connectivity index (χ0v) is 16.0. The second-order valence-electron chi connectivity index (χ2n) is 5.93. The van der Waals surface area contributed by atoms with Crippen LogP contribution in [0.5, 0.6) is 5.75 Å². The van der Waals surface area contributed by atoms with Crippen molar-refractivity contribution in [2.24, 2.45) is 0 Å². The van der Waals surface area contributed by atoms with Crippen LogP contribution in [0.3, 0.4) is 0 Å². The molecule has 0 bridgehead atoms. The highest BCUT2D eigenvalue weighted by molar-refractivity contribution is 9.10. The highest BCUT2D eigenvalue weighted by Gasteiger charge is 2.31. The molecule has 1 atom stereocenters. The highest BCUT2D eigenvalue weighted by Crippen LogP contribution is 2.34. The Labute approximate surface area is 159 Å². The molecule has 0 saturated carbocycles. The van der Waals surface area contributed by atoms with Crippen LogP contribution in [0.2, 0.25) is 5.02 Å². The molecule has 2 aromatic rings. The molecule has 0 N–H and O–H groups in total. The van der Waals surface area contributed by atoms with E-state index in [1.807, 2.05) is 24.3 Å². The van der Waals surface area contributed by atoms with Gasteiger partial charge in [0.05, 0.1) is 17.5 Å². The minimum absolute atomic E-state index is 0.0472. The minimum Gasteiger partial charge on any atom is -0.425 e. The number of carbonyl (C=O) groups excluding carboxylic acids is 2. The molecule has 130 valence electrons. The number of fused-ring (bicyclic) bond motifs is 1. The molecule has 25 heavy (non-hydrogen) atoms. The van der Waals surface area contributed by atoms with Gasteiger partial charge in [0.15, 0.2) is 0 Å². The van der Waals surface area contributed by atoms with Gasteiger partial charge in [-0.25, -0.2) is 0 Å². The van der Waals surface area contributed by atoms with Crippen LogP contribution in [-0.2, 0) is 16.0 Å². The highest BCUT2D eigenvalue weighted by atomic mass is 79.9. The maximum absolute atomic E-state index is 12.5. The number of nitrogens with zero attached hydrogens (tertiary/aromatic N) is 1. The van der Waals surface area contributed by atoms with E-state index in [9.17, 15) is 9.59 Å². The SMILES string of the molecule is CC(=O)N1CCc2ccccc2C1CC(=O)Oc1ccc(Br)cc1Cl. The number of ether oxygens (including phenoxy) is 1. The molecule has 1 unspecified atom stereocenters. The lowest BCUT2D eigenvalue weighted by atomic mass is 9.90. The second-order valence-corrected chi connectivity index (χ2v) is 7.25. The average molecular weight is 423 g/mol. The molecule has 0 spiro atoms. The van der Waals surface area contributed by atoms with Crippen LogP contribution in [-0.4, -0.2) is 23.3 Å². The fourth-order valence-corrected chi connectivity index (χ4v) is 3.84. The minimum atomic E-state index is -0.419. The molecule has 0 radical (unpaired) electrons. The normalized spacial score (nSPS) is 16.3. The third-order valence-electron chi connectivity index (χ3n) is 4.29. The third-order valence-corrected chi connectivity index (χ3v) is 5.08. The number of carbonyl (C=O) groups is 2. The Balaban J connectivity index is 1.81. The summed E-state index contributed by atoms with van der Waals surface area (Å²) in [5.74, 6) is -0.153. The van der Waals surface area contributed by atoms with Gasteiger partial charge in [0.25, 0.3) is 0 Å². The summed E-state index contributed by atoms with van der Waals surface area (Å²) in [6, 6.07) is 12.7. The van der Waals surface area contributed by atoms with Gasteiger partial charge in [-0.1, -0.05) is 51.8 Å². The van der Waals surface area contributed by atoms with Gasteiger partial charge in [0, 0.05) is 17.9 Å². The van der Waals surface area contributed by atoms with Crippen LogP contribution in [0.1, 0.15) is 30.5 Å². The van der Waals surface area contributed by atoms with E-state index in [2.05, 4.69) is 15.9 Å². The summed E-state index contributed by atoms with van der Waals surface area (Å²) in [5.41, 5.74) is 2.17. The number of halogens is 2. The first-order chi connectivity index (χ1) is 12.0. The van der Waals surface area contributed by atoms with Gasteiger partial charge in [0.2, 0.25) is 5.91 Å². The Morgan fingerprint density at radius 2 is 2.04 bits per heavy atom. The number of esters is 1. The van der Waals surface area contributed by atoms with Crippen LogP contribution >= 0.6 is 27.5 Å². The second kappa shape index (κ2) is 7.58. The molecule has 0 fully saturated rings. The van der Waals surface area contributed by atoms with Crippen LogP contribution in [0, 0.1) is 0 Å². The number of amides is 1. The van der Waals surface area contributed by atoms with Gasteiger partial charge in [-0.05, 0) is 35.7 Å². The monoisotopic (exact) mass is 421 g/mol. The molecular formula is C19H17BrClNO3. The van der Waals surface area contributed by atoms with Crippen LogP contribution in [0.25, 0.3) is 0 Å². The van der Waals surface area contributed by atoms with Crippen molar-refractivity contribution < 1.29 is 14.3 Å². The van der Waals surface area contributed by atoms with E-state index in [0.29, 0.717) is 17.3 Å². The molecule has 3 rings (SSSR count). The van der Waals surface area contributed by atoms with Gasteiger partial charge in [-0.15, -0.1) is 0 Å². The van der Waals surface area contributed by atoms with Crippen LogP contribution in [0.4, 0.5) is 0 Å². The van der Waals surface area contributed by atoms with E-state index in [1.165, 1.54) is 12.5 Å². The summed E-state index contributed by atoms with van der Waals surface area (Å²) in [7, 11) is 0. The maximum atomic E-state index is 12.5. The Morgan fingerprint density at radius 1 is 1.28 bits per heavy atom. The first kappa shape index (κ1) is 18.0. The number of hydrogen-bond acceptors (Lipinski definition) is 3. The van der Waals surface area contributed by atoms with Gasteiger partial charge in [-0.3, -0.25) is 9.59 Å². The van der Waals surface area contributed by atoms with E-state index < -0.39 is 5.97 Å². The standard InChI is InChI=1S/C19H17BrClNO3/c1-12(23)22-9-8-13-4-2-3-5-15(13)17(22)11-19(24)25-18-7-6-14(20)10-16(18)21/h2-7,10,17H,8-9,11H2,1H3. The van der Waals surface area contributed by atoms with Crippen molar-refractivity contribution in [3.8, 4) is 5.75 Å². The Hall–Kier alpha value is -1.85. The lowest BCUT2D eigenvalue weighted by Gasteiger charge is -2.36. The first-order valence-electron chi connectivity index (χ1n) is 7.96. The van der Waals surface area contributed by atoms with E-state index in [0.717, 1.165) is 16.5 Å². The Kier molecular flexibility index (Phi) is 5.45. The van der Waals surface area contributed by atoms with Crippen molar-refractivity contribution in [1.82, 2.24) is 4.90 Å². The van der Waals surface area contributed by atoms with E-state index in [1.54, 1.807) is 23.1 Å². The summed E-state index contributed by atoms with van der Waals surface area (Å²) in [6.07, 6.45) is 0.878. The molecule has 6 heteroatoms. The molecule has 1 amide bonds. The van der Waals surface area contributed by atoms with Gasteiger partial charge in [0.1, 0.15) is 5.75 Å². The lowest BCUT2D eigenvalue weighted by molar-refractivity contribution is -0.138. The molecule has 0 aliphatic carbocycles. The van der Waals surface area contributed by atoms with Crippen molar-refractivity contribution in [3.63, 3.8) is 0 Å². The molecule has 2 aromatic carbocycles. The number of hydrogen-bond donors (Lipinski definition) is 0. The molecule has 1 aliphatic heterocycles. The Bertz CT molecular complexity index is 824. The summed E-state index contributed by atoms with van der Waals surface area (Å²) in [6.45, 7) is 2.13. The summed E-state index contributed by atoms with van der Waals surface area (Å²) in [4.78, 5) is 26.2. The Morgan fingerprint density at radius 3 is 2.76 bits per heavy atom. The molecule has 1 aliphatic rings. The van der Waals surface area contributed by atoms with Gasteiger partial charge in [-0.2, -0.15) is 0 Å². The van der Waals surface area contributed by atoms with Gasteiger partial charge < -0.3 is 9.64 Å². The molecule has 1 heterocycles. The largest absolute Gasteiger partial charge is 0.425 e. The van der Waals surface area contributed by atoms with Crippen LogP contribution < -0.4 is 4.74 Å². The number of rotatable bonds is 3. The van der Waals surface area contributed by atoms with Crippen molar-refractivity contribution in [3.05, 3.63) is 63.1 Å². The number of benzene rings is 2. The average Bonchev–Trinajstić information content (AvgIpc) is 2.57. The van der Waals surface area contributed by atoms with E-state index in [-0.39, 0.29) is 18.4 Å². The summed E-state index contributed by atoms with van der Waals surface area (Å²) >= 11 is 9.42. The predicted octanol–water partition coefficient (Wildman–Crippen LogP) is 4.54. The van der Waals surface area contributed by atoms with Crippen molar-refractivity contribution in [1.29, 1.82) is 0 Å². The molecular weight excluding hydrogens is 406 g/mol. The molecule has 4 nitrogen and oxygen atoms in total. The quantitative estimate of drug-likeness (QED) is 0.539. The molecule has 0 aromatic heterocycles. The summed E-state index contributed by atoms with van der Waals surface area (Å²) < 4.78 is 6.22. The zero-order valence-electron chi connectivity index (χ0n) is 13.7. The predicted molar refractivity (Wildman–Crippen MR) is 99.7 cm³/mol. The maximum Gasteiger partial charge on any atom is 0.313 e. The summed E-state index contributed by atoms with van der Waals surface area (Å²) in [5, 5.41) is 0.357. The van der Waals surface area contributed by atoms with Crippen molar-refractivity contribution in [2.75, 3.05) is 6.54 Å². The van der Waals surface area contributed by atoms with Crippen LogP contribution in [0.15, 0.2) is 46.9 Å². The van der Waals surface area contributed by atoms with E-state index in [4.69, 9.17) is 16.3 Å².